The van der Waals surface area contributed by atoms with Gasteiger partial charge in [0.15, 0.2) is 5.78 Å². The first-order valence-corrected chi connectivity index (χ1v) is 15.8. The fraction of sp³-hybridized carbons (Fsp3) is 0.686. The molecule has 0 radical (unpaired) electrons. The fourth-order valence-electron chi connectivity index (χ4n) is 10.9. The monoisotopic (exact) mass is 545 g/mol. The molecule has 0 aromatic heterocycles. The Kier molecular flexibility index (Phi) is 6.63. The molecule has 5 aliphatic carbocycles. The van der Waals surface area contributed by atoms with Crippen LogP contribution in [0.4, 0.5) is 0 Å². The number of aromatic carboxylic acids is 1. The standard InChI is InChI=1S/C35H47NO4/c1-20-10-14-33(3)15-11-26-24(27(33)18-20)19-29(37)30-34(4)17-13-28(21(2)25(34)12-16-35(26,30)5)36-31(38)22-8-6-7-9-23(22)32(39)40/h6-9,19-21,25-28,30H,10-18H2,1-5H3,(H,36,38)(H,39,40)/t20-,21-,25?,26?,27?,28?,30?,33+,34-,35-/m0/s1. The second-order valence-corrected chi connectivity index (χ2v) is 15.1. The SMILES string of the molecule is C[C@H]1CC[C@]2(C)CCC3C(=CC(=O)C4[C@@]3(C)CCC3[C@H](C)C(NC(=O)c5ccccc5C(=O)O)CC[C@@]34C)C2C1. The van der Waals surface area contributed by atoms with Crippen molar-refractivity contribution < 1.29 is 19.5 Å². The van der Waals surface area contributed by atoms with Crippen molar-refractivity contribution in [3.63, 3.8) is 0 Å². The number of carboxylic acid groups (broad SMARTS) is 1. The third-order valence-electron chi connectivity index (χ3n) is 13.0. The molecule has 1 aromatic rings. The van der Waals surface area contributed by atoms with Gasteiger partial charge in [-0.05, 0) is 115 Å². The molecule has 1 amide bonds. The second kappa shape index (κ2) is 9.56. The van der Waals surface area contributed by atoms with Gasteiger partial charge in [-0.3, -0.25) is 9.59 Å². The summed E-state index contributed by atoms with van der Waals surface area (Å²) in [5, 5.41) is 12.8. The molecule has 5 nitrogen and oxygen atoms in total. The molecule has 2 N–H and O–H groups in total. The van der Waals surface area contributed by atoms with E-state index in [1.165, 1.54) is 43.7 Å². The lowest BCUT2D eigenvalue weighted by atomic mass is 9.38. The van der Waals surface area contributed by atoms with Crippen LogP contribution in [0, 0.1) is 51.8 Å². The van der Waals surface area contributed by atoms with Crippen LogP contribution in [0.25, 0.3) is 0 Å². The molecule has 4 saturated carbocycles. The van der Waals surface area contributed by atoms with Gasteiger partial charge in [0.05, 0.1) is 11.1 Å². The van der Waals surface area contributed by atoms with E-state index in [-0.39, 0.29) is 45.7 Å². The van der Waals surface area contributed by atoms with Gasteiger partial charge in [-0.15, -0.1) is 0 Å². The van der Waals surface area contributed by atoms with Crippen LogP contribution in [0.15, 0.2) is 35.9 Å². The van der Waals surface area contributed by atoms with E-state index in [2.05, 4.69) is 46.0 Å². The Morgan fingerprint density at radius 1 is 0.875 bits per heavy atom. The molecule has 5 unspecified atom stereocenters. The molecule has 5 aliphatic rings. The van der Waals surface area contributed by atoms with Crippen molar-refractivity contribution in [2.75, 3.05) is 0 Å². The quantitative estimate of drug-likeness (QED) is 0.417. The van der Waals surface area contributed by atoms with Crippen molar-refractivity contribution in [1.82, 2.24) is 5.32 Å². The van der Waals surface area contributed by atoms with E-state index >= 15 is 0 Å². The van der Waals surface area contributed by atoms with Crippen LogP contribution in [-0.2, 0) is 4.79 Å². The molecular formula is C35H47NO4. The van der Waals surface area contributed by atoms with Crippen molar-refractivity contribution in [2.45, 2.75) is 98.4 Å². The molecule has 0 saturated heterocycles. The smallest absolute Gasteiger partial charge is 0.336 e. The van der Waals surface area contributed by atoms with Crippen molar-refractivity contribution >= 4 is 17.7 Å². The number of rotatable bonds is 3. The fourth-order valence-corrected chi connectivity index (χ4v) is 10.9. The number of benzene rings is 1. The van der Waals surface area contributed by atoms with E-state index in [9.17, 15) is 19.5 Å². The summed E-state index contributed by atoms with van der Waals surface area (Å²) in [4.78, 5) is 39.2. The maximum atomic E-state index is 14.3. The lowest BCUT2D eigenvalue weighted by Crippen LogP contribution is -2.63. The molecule has 4 fully saturated rings. The molecule has 0 spiro atoms. The number of nitrogens with one attached hydrogen (secondary N) is 1. The van der Waals surface area contributed by atoms with Crippen molar-refractivity contribution in [1.29, 1.82) is 0 Å². The van der Waals surface area contributed by atoms with E-state index in [4.69, 9.17) is 0 Å². The molecule has 10 atom stereocenters. The third kappa shape index (κ3) is 4.04. The summed E-state index contributed by atoms with van der Waals surface area (Å²) in [7, 11) is 0. The minimum atomic E-state index is -1.09. The first kappa shape index (κ1) is 27.7. The van der Waals surface area contributed by atoms with Gasteiger partial charge in [0.1, 0.15) is 0 Å². The molecule has 216 valence electrons. The van der Waals surface area contributed by atoms with E-state index in [0.717, 1.165) is 31.6 Å². The van der Waals surface area contributed by atoms with Gasteiger partial charge in [-0.1, -0.05) is 58.7 Å². The predicted molar refractivity (Wildman–Crippen MR) is 156 cm³/mol. The highest BCUT2D eigenvalue weighted by molar-refractivity contribution is 6.04. The number of amides is 1. The second-order valence-electron chi connectivity index (χ2n) is 15.1. The molecule has 6 rings (SSSR count). The van der Waals surface area contributed by atoms with Gasteiger partial charge < -0.3 is 10.4 Å². The predicted octanol–water partition coefficient (Wildman–Crippen LogP) is 7.31. The lowest BCUT2D eigenvalue weighted by Gasteiger charge is -2.65. The van der Waals surface area contributed by atoms with Gasteiger partial charge >= 0.3 is 5.97 Å². The van der Waals surface area contributed by atoms with E-state index in [0.29, 0.717) is 29.0 Å². The zero-order valence-corrected chi connectivity index (χ0v) is 25.0. The largest absolute Gasteiger partial charge is 0.478 e. The Morgan fingerprint density at radius 3 is 2.27 bits per heavy atom. The van der Waals surface area contributed by atoms with E-state index in [1.54, 1.807) is 18.2 Å². The summed E-state index contributed by atoms with van der Waals surface area (Å²) in [5.41, 5.74) is 2.01. The number of fused-ring (bicyclic) bond motifs is 7. The van der Waals surface area contributed by atoms with Crippen LogP contribution in [0.2, 0.25) is 0 Å². The Morgan fingerprint density at radius 2 is 1.55 bits per heavy atom. The summed E-state index contributed by atoms with van der Waals surface area (Å²) in [6.07, 6.45) is 12.4. The van der Waals surface area contributed by atoms with Gasteiger partial charge in [0, 0.05) is 12.0 Å². The number of carbonyl (C=O) groups excluding carboxylic acids is 2. The zero-order chi connectivity index (χ0) is 28.6. The summed E-state index contributed by atoms with van der Waals surface area (Å²) in [6, 6.07) is 6.41. The Labute approximate surface area is 239 Å². The molecule has 0 bridgehead atoms. The Hall–Kier alpha value is -2.43. The Balaban J connectivity index is 1.26. The molecule has 0 heterocycles. The highest BCUT2D eigenvalue weighted by Gasteiger charge is 2.64. The van der Waals surface area contributed by atoms with Crippen LogP contribution in [-0.4, -0.2) is 28.8 Å². The molecular weight excluding hydrogens is 498 g/mol. The van der Waals surface area contributed by atoms with Crippen LogP contribution in [0.1, 0.15) is 113 Å². The number of carboxylic acids is 1. The number of carbonyl (C=O) groups is 3. The molecule has 0 aliphatic heterocycles. The normalized spacial score (nSPS) is 44.3. The first-order valence-electron chi connectivity index (χ1n) is 15.8. The van der Waals surface area contributed by atoms with Gasteiger partial charge in [0.25, 0.3) is 5.91 Å². The van der Waals surface area contributed by atoms with Crippen LogP contribution >= 0.6 is 0 Å². The minimum absolute atomic E-state index is 0.00463. The summed E-state index contributed by atoms with van der Waals surface area (Å²) in [5.74, 6) is 1.37. The zero-order valence-electron chi connectivity index (χ0n) is 25.0. The highest BCUT2D eigenvalue weighted by atomic mass is 16.4. The van der Waals surface area contributed by atoms with Crippen molar-refractivity contribution in [2.24, 2.45) is 51.8 Å². The first-order chi connectivity index (χ1) is 18.9. The minimum Gasteiger partial charge on any atom is -0.478 e. The average molecular weight is 546 g/mol. The lowest BCUT2D eigenvalue weighted by molar-refractivity contribution is -0.160. The topological polar surface area (TPSA) is 83.5 Å². The van der Waals surface area contributed by atoms with E-state index < -0.39 is 5.97 Å². The Bertz CT molecular complexity index is 1270. The summed E-state index contributed by atoms with van der Waals surface area (Å²) in [6.45, 7) is 11.9. The molecule has 5 heteroatoms. The van der Waals surface area contributed by atoms with Crippen LogP contribution in [0.5, 0.6) is 0 Å². The average Bonchev–Trinajstić information content (AvgIpc) is 2.90. The highest BCUT2D eigenvalue weighted by Crippen LogP contribution is 2.69. The van der Waals surface area contributed by atoms with E-state index in [1.807, 2.05) is 0 Å². The molecule has 40 heavy (non-hydrogen) atoms. The molecule has 1 aromatic carbocycles. The van der Waals surface area contributed by atoms with Gasteiger partial charge in [-0.2, -0.15) is 0 Å². The number of ketones is 1. The van der Waals surface area contributed by atoms with Gasteiger partial charge in [0.2, 0.25) is 0 Å². The maximum absolute atomic E-state index is 14.3. The number of hydrogen-bond donors (Lipinski definition) is 2. The number of allylic oxidation sites excluding steroid dienone is 2. The summed E-state index contributed by atoms with van der Waals surface area (Å²) < 4.78 is 0. The van der Waals surface area contributed by atoms with Crippen molar-refractivity contribution in [3.05, 3.63) is 47.0 Å². The maximum Gasteiger partial charge on any atom is 0.336 e. The summed E-state index contributed by atoms with van der Waals surface area (Å²) >= 11 is 0. The van der Waals surface area contributed by atoms with Gasteiger partial charge in [-0.25, -0.2) is 4.79 Å². The van der Waals surface area contributed by atoms with Crippen LogP contribution in [0.3, 0.4) is 0 Å². The van der Waals surface area contributed by atoms with Crippen molar-refractivity contribution in [3.8, 4) is 0 Å². The number of hydrogen-bond acceptors (Lipinski definition) is 3. The van der Waals surface area contributed by atoms with Crippen LogP contribution < -0.4 is 5.32 Å². The third-order valence-corrected chi connectivity index (χ3v) is 13.0.